The molecule has 22 heavy (non-hydrogen) atoms. The van der Waals surface area contributed by atoms with Gasteiger partial charge in [-0.05, 0) is 67.8 Å². The van der Waals surface area contributed by atoms with Crippen molar-refractivity contribution in [3.8, 4) is 11.5 Å². The summed E-state index contributed by atoms with van der Waals surface area (Å²) in [5.74, 6) is 0.996. The maximum Gasteiger partial charge on any atom is 0.336 e. The van der Waals surface area contributed by atoms with Crippen LogP contribution in [0, 0.1) is 13.8 Å². The Morgan fingerprint density at radius 2 is 1.64 bits per heavy atom. The number of esters is 1. The number of hydrogen-bond acceptors (Lipinski definition) is 3. The number of aryl methyl sites for hydroxylation is 2. The molecule has 0 heterocycles. The third kappa shape index (κ3) is 4.77. The van der Waals surface area contributed by atoms with E-state index in [1.54, 1.807) is 6.08 Å². The van der Waals surface area contributed by atoms with Crippen molar-refractivity contribution in [2.45, 2.75) is 20.8 Å². The standard InChI is InChI=1S/C19H20O3/c1-4-21-17-8-5-16(6-9-17)7-10-19(20)22-18-12-14(2)11-15(3)13-18/h5-13H,4H2,1-3H3/b10-7+. The van der Waals surface area contributed by atoms with Crippen LogP contribution in [0.25, 0.3) is 6.08 Å². The lowest BCUT2D eigenvalue weighted by Gasteiger charge is -2.04. The maximum atomic E-state index is 11.8. The molecule has 2 rings (SSSR count). The molecule has 0 N–H and O–H groups in total. The predicted molar refractivity (Wildman–Crippen MR) is 88.2 cm³/mol. The van der Waals surface area contributed by atoms with Crippen LogP contribution in [0.3, 0.4) is 0 Å². The van der Waals surface area contributed by atoms with E-state index in [4.69, 9.17) is 9.47 Å². The summed E-state index contributed by atoms with van der Waals surface area (Å²) in [7, 11) is 0. The minimum atomic E-state index is -0.390. The normalized spacial score (nSPS) is 10.7. The Bertz CT molecular complexity index is 649. The van der Waals surface area contributed by atoms with E-state index in [0.29, 0.717) is 12.4 Å². The summed E-state index contributed by atoms with van der Waals surface area (Å²) >= 11 is 0. The molecule has 2 aromatic carbocycles. The molecule has 0 amide bonds. The molecule has 0 aliphatic rings. The van der Waals surface area contributed by atoms with Gasteiger partial charge in [0.1, 0.15) is 11.5 Å². The van der Waals surface area contributed by atoms with E-state index in [1.807, 2.05) is 63.2 Å². The summed E-state index contributed by atoms with van der Waals surface area (Å²) in [4.78, 5) is 11.8. The summed E-state index contributed by atoms with van der Waals surface area (Å²) in [6.45, 7) is 6.52. The Morgan fingerprint density at radius 3 is 2.23 bits per heavy atom. The van der Waals surface area contributed by atoms with Crippen molar-refractivity contribution >= 4 is 12.0 Å². The van der Waals surface area contributed by atoms with Gasteiger partial charge in [-0.25, -0.2) is 4.79 Å². The van der Waals surface area contributed by atoms with Crippen LogP contribution in [0.1, 0.15) is 23.6 Å². The minimum absolute atomic E-state index is 0.390. The Balaban J connectivity index is 1.98. The first kappa shape index (κ1) is 15.8. The van der Waals surface area contributed by atoms with Gasteiger partial charge in [-0.15, -0.1) is 0 Å². The third-order valence-corrected chi connectivity index (χ3v) is 3.02. The van der Waals surface area contributed by atoms with Crippen LogP contribution in [0.4, 0.5) is 0 Å². The number of rotatable bonds is 5. The first-order chi connectivity index (χ1) is 10.6. The van der Waals surface area contributed by atoms with Gasteiger partial charge >= 0.3 is 5.97 Å². The highest BCUT2D eigenvalue weighted by molar-refractivity contribution is 5.88. The van der Waals surface area contributed by atoms with Crippen molar-refractivity contribution < 1.29 is 14.3 Å². The molecule has 0 radical (unpaired) electrons. The number of carbonyl (C=O) groups excluding carboxylic acids is 1. The van der Waals surface area contributed by atoms with Gasteiger partial charge in [0.25, 0.3) is 0 Å². The molecule has 0 aliphatic heterocycles. The van der Waals surface area contributed by atoms with Gasteiger partial charge in [0, 0.05) is 6.08 Å². The van der Waals surface area contributed by atoms with Crippen molar-refractivity contribution in [3.63, 3.8) is 0 Å². The van der Waals surface area contributed by atoms with E-state index >= 15 is 0 Å². The largest absolute Gasteiger partial charge is 0.494 e. The van der Waals surface area contributed by atoms with Crippen molar-refractivity contribution in [2.75, 3.05) is 6.61 Å². The van der Waals surface area contributed by atoms with Gasteiger partial charge in [-0.2, -0.15) is 0 Å². The van der Waals surface area contributed by atoms with Crippen LogP contribution < -0.4 is 9.47 Å². The number of carbonyl (C=O) groups is 1. The number of benzene rings is 2. The number of ether oxygens (including phenoxy) is 2. The fraction of sp³-hybridized carbons (Fsp3) is 0.211. The molecular weight excluding hydrogens is 276 g/mol. The zero-order valence-corrected chi connectivity index (χ0v) is 13.1. The first-order valence-corrected chi connectivity index (χ1v) is 7.28. The number of hydrogen-bond donors (Lipinski definition) is 0. The van der Waals surface area contributed by atoms with E-state index in [1.165, 1.54) is 6.08 Å². The van der Waals surface area contributed by atoms with E-state index in [9.17, 15) is 4.79 Å². The van der Waals surface area contributed by atoms with Gasteiger partial charge in [-0.3, -0.25) is 0 Å². The zero-order valence-electron chi connectivity index (χ0n) is 13.1. The van der Waals surface area contributed by atoms with Gasteiger partial charge in [-0.1, -0.05) is 18.2 Å². The Morgan fingerprint density at radius 1 is 1.00 bits per heavy atom. The second kappa shape index (κ2) is 7.46. The van der Waals surface area contributed by atoms with Gasteiger partial charge in [0.15, 0.2) is 0 Å². The lowest BCUT2D eigenvalue weighted by molar-refractivity contribution is -0.128. The van der Waals surface area contributed by atoms with Crippen LogP contribution >= 0.6 is 0 Å². The SMILES string of the molecule is CCOc1ccc(/C=C/C(=O)Oc2cc(C)cc(C)c2)cc1. The molecule has 0 spiro atoms. The molecular formula is C19H20O3. The summed E-state index contributed by atoms with van der Waals surface area (Å²) < 4.78 is 10.7. The lowest BCUT2D eigenvalue weighted by atomic mass is 10.1. The van der Waals surface area contributed by atoms with Crippen LogP contribution in [0.5, 0.6) is 11.5 Å². The lowest BCUT2D eigenvalue weighted by Crippen LogP contribution is -2.04. The molecule has 0 fully saturated rings. The van der Waals surface area contributed by atoms with E-state index in [-0.39, 0.29) is 5.97 Å². The molecule has 0 unspecified atom stereocenters. The first-order valence-electron chi connectivity index (χ1n) is 7.28. The minimum Gasteiger partial charge on any atom is -0.494 e. The molecule has 2 aromatic rings. The topological polar surface area (TPSA) is 35.5 Å². The average molecular weight is 296 g/mol. The summed E-state index contributed by atoms with van der Waals surface area (Å²) in [5, 5.41) is 0. The quantitative estimate of drug-likeness (QED) is 0.468. The van der Waals surface area contributed by atoms with Crippen LogP contribution in [-0.4, -0.2) is 12.6 Å². The van der Waals surface area contributed by atoms with Crippen molar-refractivity contribution in [2.24, 2.45) is 0 Å². The van der Waals surface area contributed by atoms with Crippen molar-refractivity contribution in [1.82, 2.24) is 0 Å². The Hall–Kier alpha value is -2.55. The molecule has 0 atom stereocenters. The zero-order chi connectivity index (χ0) is 15.9. The summed E-state index contributed by atoms with van der Waals surface area (Å²) in [6.07, 6.45) is 3.15. The van der Waals surface area contributed by atoms with Gasteiger partial charge in [0.2, 0.25) is 0 Å². The molecule has 0 aliphatic carbocycles. The smallest absolute Gasteiger partial charge is 0.336 e. The maximum absolute atomic E-state index is 11.8. The summed E-state index contributed by atoms with van der Waals surface area (Å²) in [6, 6.07) is 13.3. The Labute approximate surface area is 131 Å². The molecule has 0 aromatic heterocycles. The third-order valence-electron chi connectivity index (χ3n) is 3.02. The van der Waals surface area contributed by atoms with E-state index in [2.05, 4.69) is 0 Å². The second-order valence-corrected chi connectivity index (χ2v) is 5.08. The Kier molecular flexibility index (Phi) is 5.37. The monoisotopic (exact) mass is 296 g/mol. The van der Waals surface area contributed by atoms with Gasteiger partial charge in [0.05, 0.1) is 6.61 Å². The molecule has 114 valence electrons. The molecule has 3 heteroatoms. The van der Waals surface area contributed by atoms with Crippen LogP contribution in [-0.2, 0) is 4.79 Å². The molecule has 0 saturated carbocycles. The molecule has 0 bridgehead atoms. The summed E-state index contributed by atoms with van der Waals surface area (Å²) in [5.41, 5.74) is 3.05. The van der Waals surface area contributed by atoms with Crippen molar-refractivity contribution in [3.05, 3.63) is 65.2 Å². The highest BCUT2D eigenvalue weighted by Crippen LogP contribution is 2.17. The van der Waals surface area contributed by atoms with Crippen molar-refractivity contribution in [1.29, 1.82) is 0 Å². The van der Waals surface area contributed by atoms with Gasteiger partial charge < -0.3 is 9.47 Å². The van der Waals surface area contributed by atoms with E-state index in [0.717, 1.165) is 22.4 Å². The highest BCUT2D eigenvalue weighted by atomic mass is 16.5. The second-order valence-electron chi connectivity index (χ2n) is 5.08. The van der Waals surface area contributed by atoms with Crippen LogP contribution in [0.2, 0.25) is 0 Å². The van der Waals surface area contributed by atoms with Crippen LogP contribution in [0.15, 0.2) is 48.5 Å². The predicted octanol–water partition coefficient (Wildman–Crippen LogP) is 4.32. The molecule has 3 nitrogen and oxygen atoms in total. The fourth-order valence-corrected chi connectivity index (χ4v) is 2.15. The molecule has 0 saturated heterocycles. The fourth-order valence-electron chi connectivity index (χ4n) is 2.15. The van der Waals surface area contributed by atoms with E-state index < -0.39 is 0 Å². The average Bonchev–Trinajstić information content (AvgIpc) is 2.46. The highest BCUT2D eigenvalue weighted by Gasteiger charge is 2.02.